The predicted molar refractivity (Wildman–Crippen MR) is 67.6 cm³/mol. The molecule has 1 aliphatic rings. The van der Waals surface area contributed by atoms with Crippen LogP contribution >= 0.6 is 0 Å². The SMILES string of the molecule is CC(C)(C)C1CCCC(C(=O)O)C1C(=O)O.[CaH2]. The monoisotopic (exact) mass is 270 g/mol. The third-order valence-electron chi connectivity index (χ3n) is 3.61. The molecule has 0 aromatic rings. The van der Waals surface area contributed by atoms with Crippen molar-refractivity contribution in [1.82, 2.24) is 0 Å². The van der Waals surface area contributed by atoms with Crippen molar-refractivity contribution in [2.75, 3.05) is 0 Å². The van der Waals surface area contributed by atoms with Crippen LogP contribution in [0.25, 0.3) is 0 Å². The summed E-state index contributed by atoms with van der Waals surface area (Å²) in [5.41, 5.74) is -0.156. The van der Waals surface area contributed by atoms with Crippen LogP contribution in [0.3, 0.4) is 0 Å². The van der Waals surface area contributed by atoms with Crippen molar-refractivity contribution in [3.8, 4) is 0 Å². The van der Waals surface area contributed by atoms with Crippen LogP contribution in [0.1, 0.15) is 40.0 Å². The first kappa shape index (κ1) is 17.2. The van der Waals surface area contributed by atoms with Crippen LogP contribution in [-0.4, -0.2) is 59.9 Å². The molecule has 3 atom stereocenters. The van der Waals surface area contributed by atoms with Gasteiger partial charge in [-0.2, -0.15) is 0 Å². The maximum absolute atomic E-state index is 11.3. The van der Waals surface area contributed by atoms with E-state index in [0.29, 0.717) is 6.42 Å². The van der Waals surface area contributed by atoms with Gasteiger partial charge in [0.15, 0.2) is 0 Å². The standard InChI is InChI=1S/C12H20O4.Ca.2H/c1-12(2,3)8-6-4-5-7(10(13)14)9(8)11(15)16;;;/h7-9H,4-6H2,1-3H3,(H,13,14)(H,15,16);;;. The zero-order valence-corrected chi connectivity index (χ0v) is 10.1. The molecule has 5 heteroatoms. The molecule has 0 radical (unpaired) electrons. The molecule has 1 saturated carbocycles. The molecule has 0 aliphatic heterocycles. The van der Waals surface area contributed by atoms with Crippen molar-refractivity contribution in [1.29, 1.82) is 0 Å². The first-order chi connectivity index (χ1) is 7.25. The summed E-state index contributed by atoms with van der Waals surface area (Å²) in [5, 5.41) is 18.3. The van der Waals surface area contributed by atoms with Crippen LogP contribution in [0.15, 0.2) is 0 Å². The number of carboxylic acid groups (broad SMARTS) is 2. The number of rotatable bonds is 2. The minimum atomic E-state index is -0.971. The molecule has 1 rings (SSSR count). The van der Waals surface area contributed by atoms with Crippen molar-refractivity contribution in [2.24, 2.45) is 23.2 Å². The second-order valence-electron chi connectivity index (χ2n) is 5.71. The summed E-state index contributed by atoms with van der Waals surface area (Å²) in [6.07, 6.45) is 2.10. The fourth-order valence-corrected chi connectivity index (χ4v) is 2.79. The molecule has 0 amide bonds. The molecule has 4 nitrogen and oxygen atoms in total. The van der Waals surface area contributed by atoms with Gasteiger partial charge in [0.05, 0.1) is 11.8 Å². The number of aliphatic carboxylic acids is 2. The summed E-state index contributed by atoms with van der Waals surface area (Å²) in [4.78, 5) is 22.3. The van der Waals surface area contributed by atoms with Gasteiger partial charge in [0, 0.05) is 0 Å². The van der Waals surface area contributed by atoms with Crippen LogP contribution in [0, 0.1) is 23.2 Å². The summed E-state index contributed by atoms with van der Waals surface area (Å²) in [6, 6.07) is 0. The van der Waals surface area contributed by atoms with E-state index in [2.05, 4.69) is 0 Å². The summed E-state index contributed by atoms with van der Waals surface area (Å²) in [7, 11) is 0. The van der Waals surface area contributed by atoms with Crippen molar-refractivity contribution in [3.63, 3.8) is 0 Å². The Morgan fingerprint density at radius 3 is 1.94 bits per heavy atom. The molecule has 0 saturated heterocycles. The molecular formula is C12H22CaO4. The Morgan fingerprint density at radius 2 is 1.59 bits per heavy atom. The van der Waals surface area contributed by atoms with E-state index < -0.39 is 23.8 Å². The normalized spacial score (nSPS) is 29.2. The molecule has 2 N–H and O–H groups in total. The summed E-state index contributed by atoms with van der Waals surface area (Å²) < 4.78 is 0. The van der Waals surface area contributed by atoms with E-state index in [1.165, 1.54) is 0 Å². The Morgan fingerprint density at radius 1 is 1.06 bits per heavy atom. The molecule has 1 fully saturated rings. The predicted octanol–water partition coefficient (Wildman–Crippen LogP) is 1.32. The Hall–Kier alpha value is 0.200. The molecule has 0 aromatic heterocycles. The Kier molecular flexibility index (Phi) is 6.47. The van der Waals surface area contributed by atoms with E-state index in [1.54, 1.807) is 0 Å². The summed E-state index contributed by atoms with van der Waals surface area (Å²) in [6.45, 7) is 5.95. The zero-order valence-electron chi connectivity index (χ0n) is 10.1. The van der Waals surface area contributed by atoms with E-state index in [4.69, 9.17) is 5.11 Å². The number of hydrogen-bond donors (Lipinski definition) is 2. The van der Waals surface area contributed by atoms with Crippen molar-refractivity contribution in [3.05, 3.63) is 0 Å². The summed E-state index contributed by atoms with van der Waals surface area (Å²) in [5.74, 6) is -3.46. The molecular weight excluding hydrogens is 248 g/mol. The number of carbonyl (C=O) groups is 2. The van der Waals surface area contributed by atoms with E-state index in [0.717, 1.165) is 12.8 Å². The van der Waals surface area contributed by atoms with Gasteiger partial charge in [-0.25, -0.2) is 0 Å². The Bertz CT molecular complexity index is 295. The van der Waals surface area contributed by atoms with Gasteiger partial charge < -0.3 is 10.2 Å². The van der Waals surface area contributed by atoms with Crippen molar-refractivity contribution >= 4 is 49.7 Å². The zero-order chi connectivity index (χ0) is 12.5. The topological polar surface area (TPSA) is 74.6 Å². The quantitative estimate of drug-likeness (QED) is 0.742. The average molecular weight is 270 g/mol. The maximum atomic E-state index is 11.3. The Balaban J connectivity index is 0.00000256. The third kappa shape index (κ3) is 4.11. The van der Waals surface area contributed by atoms with Gasteiger partial charge in [-0.3, -0.25) is 9.59 Å². The molecule has 0 bridgehead atoms. The fraction of sp³-hybridized carbons (Fsp3) is 0.833. The minimum absolute atomic E-state index is 0. The second kappa shape index (κ2) is 6.39. The van der Waals surface area contributed by atoms with Gasteiger partial charge >= 0.3 is 49.7 Å². The Labute approximate surface area is 132 Å². The second-order valence-corrected chi connectivity index (χ2v) is 5.71. The first-order valence-electron chi connectivity index (χ1n) is 5.70. The van der Waals surface area contributed by atoms with Crippen molar-refractivity contribution < 1.29 is 19.8 Å². The van der Waals surface area contributed by atoms with Crippen LogP contribution < -0.4 is 0 Å². The summed E-state index contributed by atoms with van der Waals surface area (Å²) >= 11 is 0. The van der Waals surface area contributed by atoms with Gasteiger partial charge in [0.25, 0.3) is 0 Å². The van der Waals surface area contributed by atoms with E-state index in [1.807, 2.05) is 20.8 Å². The first-order valence-corrected chi connectivity index (χ1v) is 5.70. The molecule has 0 aromatic carbocycles. The van der Waals surface area contributed by atoms with Gasteiger partial charge in [0.2, 0.25) is 0 Å². The van der Waals surface area contributed by atoms with Gasteiger partial charge in [-0.05, 0) is 24.2 Å². The van der Waals surface area contributed by atoms with Crippen LogP contribution in [0.5, 0.6) is 0 Å². The molecule has 0 spiro atoms. The fourth-order valence-electron chi connectivity index (χ4n) is 2.79. The van der Waals surface area contributed by atoms with Crippen molar-refractivity contribution in [2.45, 2.75) is 40.0 Å². The van der Waals surface area contributed by atoms with Gasteiger partial charge in [0.1, 0.15) is 0 Å². The van der Waals surface area contributed by atoms with Gasteiger partial charge in [-0.15, -0.1) is 0 Å². The number of hydrogen-bond acceptors (Lipinski definition) is 2. The van der Waals surface area contributed by atoms with E-state index in [9.17, 15) is 14.7 Å². The third-order valence-corrected chi connectivity index (χ3v) is 3.61. The molecule has 96 valence electrons. The molecule has 0 heterocycles. The molecule has 3 unspecified atom stereocenters. The van der Waals surface area contributed by atoms with E-state index in [-0.39, 0.29) is 49.1 Å². The molecule has 17 heavy (non-hydrogen) atoms. The van der Waals surface area contributed by atoms with Crippen LogP contribution in [0.2, 0.25) is 0 Å². The molecule has 1 aliphatic carbocycles. The van der Waals surface area contributed by atoms with Crippen LogP contribution in [-0.2, 0) is 9.59 Å². The van der Waals surface area contributed by atoms with Crippen LogP contribution in [0.4, 0.5) is 0 Å². The number of carboxylic acids is 2. The van der Waals surface area contributed by atoms with E-state index >= 15 is 0 Å². The van der Waals surface area contributed by atoms with Gasteiger partial charge in [-0.1, -0.05) is 27.2 Å². The average Bonchev–Trinajstić information content (AvgIpc) is 2.14.